The number of amides is 1. The van der Waals surface area contributed by atoms with E-state index in [1.807, 2.05) is 0 Å². The fourth-order valence-corrected chi connectivity index (χ4v) is 2.79. The van der Waals surface area contributed by atoms with Crippen LogP contribution in [0.3, 0.4) is 0 Å². The van der Waals surface area contributed by atoms with Crippen LogP contribution >= 0.6 is 11.6 Å². The second-order valence-corrected chi connectivity index (χ2v) is 7.27. The van der Waals surface area contributed by atoms with E-state index in [2.05, 4.69) is 20.3 Å². The molecular weight excluding hydrogens is 414 g/mol. The topological polar surface area (TPSA) is 82.7 Å². The first-order chi connectivity index (χ1) is 13.5. The van der Waals surface area contributed by atoms with E-state index in [9.17, 15) is 22.4 Å². The molecule has 2 aromatic heterocycles. The van der Waals surface area contributed by atoms with E-state index in [0.29, 0.717) is 16.0 Å². The van der Waals surface area contributed by atoms with Gasteiger partial charge in [0.2, 0.25) is 5.91 Å². The molecule has 3 N–H and O–H groups in total. The maximum absolute atomic E-state index is 14.2. The number of carbonyl (C=O) groups excluding carboxylic acids is 1. The number of H-pyrrole nitrogens is 1. The molecule has 11 heteroatoms. The summed E-state index contributed by atoms with van der Waals surface area (Å²) in [5.74, 6) is -2.00. The van der Waals surface area contributed by atoms with Crippen molar-refractivity contribution in [2.24, 2.45) is 0 Å². The maximum Gasteiger partial charge on any atom is 0.405 e. The number of rotatable bonds is 5. The molecule has 0 spiro atoms. The Bertz CT molecular complexity index is 1060. The molecule has 2 heterocycles. The Hall–Kier alpha value is -2.88. The lowest BCUT2D eigenvalue weighted by Gasteiger charge is -2.26. The van der Waals surface area contributed by atoms with E-state index < -0.39 is 30.0 Å². The molecule has 0 radical (unpaired) electrons. The van der Waals surface area contributed by atoms with Crippen molar-refractivity contribution in [1.82, 2.24) is 20.3 Å². The Kier molecular flexibility index (Phi) is 5.40. The van der Waals surface area contributed by atoms with Crippen LogP contribution in [0.4, 0.5) is 23.4 Å². The second-order valence-electron chi connectivity index (χ2n) is 6.83. The fourth-order valence-electron chi connectivity index (χ4n) is 2.62. The maximum atomic E-state index is 14.2. The summed E-state index contributed by atoms with van der Waals surface area (Å²) in [6.45, 7) is 1.13. The SMILES string of the molecule is CC(C)(Nc1nc(-c2c[nH]c3ccc(Cl)cc23)ncc1F)C(=O)NCC(F)(F)F. The largest absolute Gasteiger partial charge is 0.405 e. The first-order valence-electron chi connectivity index (χ1n) is 8.39. The molecule has 0 aliphatic carbocycles. The molecule has 1 amide bonds. The van der Waals surface area contributed by atoms with Crippen molar-refractivity contribution >= 4 is 34.2 Å². The standard InChI is InChI=1S/C18H16ClF4N5O/c1-17(2,16(29)26-8-18(21,22)23)28-15-12(20)7-25-14(27-15)11-6-24-13-4-3-9(19)5-10(11)13/h3-7,24H,8H2,1-2H3,(H,26,29)(H,25,27,28). The van der Waals surface area contributed by atoms with Crippen molar-refractivity contribution in [3.63, 3.8) is 0 Å². The quantitative estimate of drug-likeness (QED) is 0.528. The van der Waals surface area contributed by atoms with Gasteiger partial charge in [-0.2, -0.15) is 13.2 Å². The van der Waals surface area contributed by atoms with Gasteiger partial charge in [-0.1, -0.05) is 11.6 Å². The molecule has 0 unspecified atom stereocenters. The Labute approximate surface area is 167 Å². The molecule has 0 aliphatic rings. The molecule has 0 saturated carbocycles. The highest BCUT2D eigenvalue weighted by molar-refractivity contribution is 6.31. The minimum Gasteiger partial charge on any atom is -0.360 e. The minimum absolute atomic E-state index is 0.147. The van der Waals surface area contributed by atoms with E-state index in [4.69, 9.17) is 11.6 Å². The van der Waals surface area contributed by atoms with Gasteiger partial charge in [-0.25, -0.2) is 14.4 Å². The molecule has 0 aliphatic heterocycles. The van der Waals surface area contributed by atoms with Gasteiger partial charge in [-0.05, 0) is 32.0 Å². The van der Waals surface area contributed by atoms with Crippen LogP contribution < -0.4 is 10.6 Å². The zero-order valence-corrected chi connectivity index (χ0v) is 16.0. The third-order valence-corrected chi connectivity index (χ3v) is 4.31. The van der Waals surface area contributed by atoms with Crippen LogP contribution in [0.2, 0.25) is 5.02 Å². The normalized spacial score (nSPS) is 12.2. The van der Waals surface area contributed by atoms with Gasteiger partial charge in [0.05, 0.1) is 6.20 Å². The summed E-state index contributed by atoms with van der Waals surface area (Å²) in [5, 5.41) is 5.50. The number of benzene rings is 1. The predicted molar refractivity (Wildman–Crippen MR) is 101 cm³/mol. The summed E-state index contributed by atoms with van der Waals surface area (Å²) in [5.41, 5.74) is -0.259. The van der Waals surface area contributed by atoms with Crippen LogP contribution in [0.25, 0.3) is 22.3 Å². The number of fused-ring (bicyclic) bond motifs is 1. The molecular formula is C18H16ClF4N5O. The first kappa shape index (κ1) is 20.8. The third-order valence-electron chi connectivity index (χ3n) is 4.08. The number of nitrogens with zero attached hydrogens (tertiary/aromatic N) is 2. The molecule has 29 heavy (non-hydrogen) atoms. The number of nitrogens with one attached hydrogen (secondary N) is 3. The van der Waals surface area contributed by atoms with Crippen LogP contribution in [0.5, 0.6) is 0 Å². The van der Waals surface area contributed by atoms with Crippen LogP contribution in [-0.2, 0) is 4.79 Å². The molecule has 0 bridgehead atoms. The summed E-state index contributed by atoms with van der Waals surface area (Å²) < 4.78 is 51.2. The number of halogens is 5. The molecule has 0 atom stereocenters. The molecule has 154 valence electrons. The summed E-state index contributed by atoms with van der Waals surface area (Å²) in [7, 11) is 0. The van der Waals surface area contributed by atoms with E-state index in [1.54, 1.807) is 29.7 Å². The number of hydrogen-bond acceptors (Lipinski definition) is 4. The van der Waals surface area contributed by atoms with Crippen molar-refractivity contribution in [1.29, 1.82) is 0 Å². The van der Waals surface area contributed by atoms with Gasteiger partial charge in [0.25, 0.3) is 0 Å². The third kappa shape index (κ3) is 4.76. The number of alkyl halides is 3. The van der Waals surface area contributed by atoms with Crippen LogP contribution in [0.1, 0.15) is 13.8 Å². The zero-order valence-electron chi connectivity index (χ0n) is 15.3. The van der Waals surface area contributed by atoms with Crippen LogP contribution in [0.15, 0.2) is 30.6 Å². The first-order valence-corrected chi connectivity index (χ1v) is 8.77. The van der Waals surface area contributed by atoms with Gasteiger partial charge in [-0.3, -0.25) is 4.79 Å². The van der Waals surface area contributed by atoms with Crippen LogP contribution in [0, 0.1) is 5.82 Å². The number of carbonyl (C=O) groups is 1. The van der Waals surface area contributed by atoms with Gasteiger partial charge in [0.1, 0.15) is 12.1 Å². The Morgan fingerprint density at radius 2 is 2.00 bits per heavy atom. The van der Waals surface area contributed by atoms with Crippen molar-refractivity contribution in [2.75, 3.05) is 11.9 Å². The number of hydrogen-bond donors (Lipinski definition) is 3. The summed E-state index contributed by atoms with van der Waals surface area (Å²) in [4.78, 5) is 23.2. The summed E-state index contributed by atoms with van der Waals surface area (Å²) in [6, 6.07) is 5.15. The Morgan fingerprint density at radius 3 is 2.69 bits per heavy atom. The van der Waals surface area contributed by atoms with Gasteiger partial charge in [-0.15, -0.1) is 0 Å². The van der Waals surface area contributed by atoms with E-state index in [0.717, 1.165) is 11.7 Å². The van der Waals surface area contributed by atoms with Gasteiger partial charge < -0.3 is 15.6 Å². The fraction of sp³-hybridized carbons (Fsp3) is 0.278. The summed E-state index contributed by atoms with van der Waals surface area (Å²) in [6.07, 6.45) is -2.02. The van der Waals surface area contributed by atoms with E-state index in [-0.39, 0.29) is 11.6 Å². The average molecular weight is 430 g/mol. The molecule has 0 saturated heterocycles. The van der Waals surface area contributed by atoms with Crippen molar-refractivity contribution < 1.29 is 22.4 Å². The van der Waals surface area contributed by atoms with Gasteiger partial charge in [0.15, 0.2) is 17.5 Å². The number of aromatic amines is 1. The highest BCUT2D eigenvalue weighted by atomic mass is 35.5. The van der Waals surface area contributed by atoms with Crippen molar-refractivity contribution in [2.45, 2.75) is 25.6 Å². The molecule has 6 nitrogen and oxygen atoms in total. The average Bonchev–Trinajstić information content (AvgIpc) is 3.03. The lowest BCUT2D eigenvalue weighted by molar-refractivity contribution is -0.140. The molecule has 3 rings (SSSR count). The molecule has 0 fully saturated rings. The Balaban J connectivity index is 1.89. The lowest BCUT2D eigenvalue weighted by atomic mass is 10.0. The smallest absolute Gasteiger partial charge is 0.360 e. The van der Waals surface area contributed by atoms with Gasteiger partial charge in [0, 0.05) is 27.7 Å². The van der Waals surface area contributed by atoms with Gasteiger partial charge >= 0.3 is 6.18 Å². The monoisotopic (exact) mass is 429 g/mol. The predicted octanol–water partition coefficient (Wildman–Crippen LogP) is 4.29. The van der Waals surface area contributed by atoms with E-state index >= 15 is 0 Å². The Morgan fingerprint density at radius 1 is 1.28 bits per heavy atom. The van der Waals surface area contributed by atoms with Crippen molar-refractivity contribution in [3.8, 4) is 11.4 Å². The lowest BCUT2D eigenvalue weighted by Crippen LogP contribution is -2.50. The molecule has 3 aromatic rings. The number of aromatic nitrogens is 3. The van der Waals surface area contributed by atoms with Crippen LogP contribution in [-0.4, -0.2) is 39.1 Å². The number of anilines is 1. The molecule has 1 aromatic carbocycles. The second kappa shape index (κ2) is 7.51. The summed E-state index contributed by atoms with van der Waals surface area (Å²) >= 11 is 6.02. The minimum atomic E-state index is -4.56. The zero-order chi connectivity index (χ0) is 21.4. The van der Waals surface area contributed by atoms with E-state index in [1.165, 1.54) is 13.8 Å². The highest BCUT2D eigenvalue weighted by Crippen LogP contribution is 2.30. The highest BCUT2D eigenvalue weighted by Gasteiger charge is 2.34. The van der Waals surface area contributed by atoms with Crippen molar-refractivity contribution in [3.05, 3.63) is 41.4 Å².